The third-order valence-corrected chi connectivity index (χ3v) is 3.31. The second-order valence-corrected chi connectivity index (χ2v) is 5.71. The average Bonchev–Trinajstić information content (AvgIpc) is 2.83. The first-order valence-electron chi connectivity index (χ1n) is 6.10. The van der Waals surface area contributed by atoms with Gasteiger partial charge in [-0.15, -0.1) is 0 Å². The lowest BCUT2D eigenvalue weighted by atomic mass is 10.1. The number of nitrogens with one attached hydrogen (secondary N) is 1. The van der Waals surface area contributed by atoms with Gasteiger partial charge in [-0.05, 0) is 6.92 Å². The maximum atomic E-state index is 11.3. The van der Waals surface area contributed by atoms with E-state index in [2.05, 4.69) is 20.0 Å². The van der Waals surface area contributed by atoms with Crippen molar-refractivity contribution in [2.24, 2.45) is 4.99 Å². The lowest BCUT2D eigenvalue weighted by Gasteiger charge is -2.10. The van der Waals surface area contributed by atoms with Gasteiger partial charge in [0.2, 0.25) is 0 Å². The third-order valence-electron chi connectivity index (χ3n) is 2.85. The third kappa shape index (κ3) is 4.09. The molecular weight excluding hydrogens is 317 g/mol. The summed E-state index contributed by atoms with van der Waals surface area (Å²) in [4.78, 5) is 41.4. The highest BCUT2D eigenvalue weighted by atomic mass is 31.2. The van der Waals surface area contributed by atoms with Crippen LogP contribution in [0.1, 0.15) is 16.8 Å². The van der Waals surface area contributed by atoms with Crippen LogP contribution in [0.2, 0.25) is 0 Å². The minimum absolute atomic E-state index is 0.0501. The van der Waals surface area contributed by atoms with Crippen LogP contribution in [0.4, 0.5) is 0 Å². The summed E-state index contributed by atoms with van der Waals surface area (Å²) < 4.78 is 15.2. The molecule has 1 aliphatic rings. The lowest BCUT2D eigenvalue weighted by molar-refractivity contribution is -0.124. The Bertz CT molecular complexity index is 657. The van der Waals surface area contributed by atoms with Crippen molar-refractivity contribution in [3.05, 3.63) is 23.0 Å². The van der Waals surface area contributed by atoms with Crippen LogP contribution in [0.5, 0.6) is 5.75 Å². The number of phosphoric ester groups is 1. The molecule has 1 aromatic heterocycles. The van der Waals surface area contributed by atoms with Gasteiger partial charge >= 0.3 is 7.82 Å². The van der Waals surface area contributed by atoms with E-state index in [-0.39, 0.29) is 23.5 Å². The lowest BCUT2D eigenvalue weighted by Crippen LogP contribution is -2.21. The van der Waals surface area contributed by atoms with Crippen LogP contribution in [0.15, 0.2) is 11.2 Å². The van der Waals surface area contributed by atoms with E-state index >= 15 is 0 Å². The van der Waals surface area contributed by atoms with Gasteiger partial charge in [-0.2, -0.15) is 0 Å². The first kappa shape index (κ1) is 16.5. The van der Waals surface area contributed by atoms with Crippen molar-refractivity contribution in [3.8, 4) is 5.75 Å². The van der Waals surface area contributed by atoms with Crippen LogP contribution in [0.25, 0.3) is 0 Å². The number of hydroxylamine groups is 1. The molecule has 1 aliphatic heterocycles. The van der Waals surface area contributed by atoms with Crippen molar-refractivity contribution < 1.29 is 33.6 Å². The topological polar surface area (TPSA) is 151 Å². The summed E-state index contributed by atoms with van der Waals surface area (Å²) in [5.41, 5.74) is 2.82. The minimum Gasteiger partial charge on any atom is -0.505 e. The van der Waals surface area contributed by atoms with Gasteiger partial charge in [-0.1, -0.05) is 0 Å². The van der Waals surface area contributed by atoms with Gasteiger partial charge in [0.1, 0.15) is 12.4 Å². The summed E-state index contributed by atoms with van der Waals surface area (Å²) in [6.45, 7) is 1.12. The standard InChI is InChI=1S/C11H14N3O7P/c1-6-10(15)8(3-13-9-5-20-14-11(9)16)7(2-12-6)4-21-22(17,18)19/h2-3,9,15H,4-5H2,1H3,(H,14,16)(H2,17,18,19)/t9-/m1/s1. The monoisotopic (exact) mass is 331 g/mol. The molecule has 1 atom stereocenters. The molecule has 0 bridgehead atoms. The van der Waals surface area contributed by atoms with Crippen LogP contribution in [-0.4, -0.2) is 44.6 Å². The maximum Gasteiger partial charge on any atom is 0.469 e. The molecule has 11 heteroatoms. The predicted molar refractivity (Wildman–Crippen MR) is 72.9 cm³/mol. The van der Waals surface area contributed by atoms with Gasteiger partial charge in [0.05, 0.1) is 12.3 Å². The second-order valence-electron chi connectivity index (χ2n) is 4.47. The molecule has 1 aromatic rings. The summed E-state index contributed by atoms with van der Waals surface area (Å²) in [7, 11) is -4.67. The molecule has 0 radical (unpaired) electrons. The number of aryl methyl sites for hydroxylation is 1. The Morgan fingerprint density at radius 2 is 2.36 bits per heavy atom. The largest absolute Gasteiger partial charge is 0.505 e. The fourth-order valence-corrected chi connectivity index (χ4v) is 1.98. The van der Waals surface area contributed by atoms with Crippen molar-refractivity contribution in [2.75, 3.05) is 6.61 Å². The van der Waals surface area contributed by atoms with Crippen molar-refractivity contribution in [1.29, 1.82) is 0 Å². The first-order valence-corrected chi connectivity index (χ1v) is 7.63. The van der Waals surface area contributed by atoms with Crippen molar-refractivity contribution >= 4 is 19.9 Å². The van der Waals surface area contributed by atoms with Crippen LogP contribution >= 0.6 is 7.82 Å². The van der Waals surface area contributed by atoms with Crippen molar-refractivity contribution in [2.45, 2.75) is 19.6 Å². The van der Waals surface area contributed by atoms with E-state index in [9.17, 15) is 14.5 Å². The summed E-state index contributed by atoms with van der Waals surface area (Å²) >= 11 is 0. The van der Waals surface area contributed by atoms with Gasteiger partial charge in [-0.25, -0.2) is 10.0 Å². The smallest absolute Gasteiger partial charge is 0.469 e. The number of aromatic nitrogens is 1. The number of rotatable bonds is 5. The molecular formula is C11H14N3O7P. The number of carbonyl (C=O) groups excluding carboxylic acids is 1. The molecule has 2 rings (SSSR count). The Morgan fingerprint density at radius 3 is 2.95 bits per heavy atom. The van der Waals surface area contributed by atoms with Crippen LogP contribution in [0.3, 0.4) is 0 Å². The van der Waals surface area contributed by atoms with E-state index < -0.39 is 26.4 Å². The highest BCUT2D eigenvalue weighted by Crippen LogP contribution is 2.37. The number of hydrogen-bond acceptors (Lipinski definition) is 7. The normalized spacial score (nSPS) is 18.9. The number of aromatic hydroxyl groups is 1. The number of phosphoric acid groups is 1. The van der Waals surface area contributed by atoms with Crippen LogP contribution in [0, 0.1) is 6.92 Å². The average molecular weight is 331 g/mol. The highest BCUT2D eigenvalue weighted by molar-refractivity contribution is 7.46. The summed E-state index contributed by atoms with van der Waals surface area (Å²) in [5, 5.41) is 10.0. The molecule has 120 valence electrons. The van der Waals surface area contributed by atoms with E-state index in [4.69, 9.17) is 14.6 Å². The second kappa shape index (κ2) is 6.51. The van der Waals surface area contributed by atoms with E-state index in [0.29, 0.717) is 5.69 Å². The molecule has 0 aliphatic carbocycles. The van der Waals surface area contributed by atoms with E-state index in [1.807, 2.05) is 0 Å². The zero-order chi connectivity index (χ0) is 16.3. The van der Waals surface area contributed by atoms with Crippen molar-refractivity contribution in [3.63, 3.8) is 0 Å². The van der Waals surface area contributed by atoms with E-state index in [0.717, 1.165) is 0 Å². The zero-order valence-electron chi connectivity index (χ0n) is 11.5. The highest BCUT2D eigenvalue weighted by Gasteiger charge is 2.24. The molecule has 0 spiro atoms. The summed E-state index contributed by atoms with van der Waals surface area (Å²) in [6, 6.07) is -0.761. The van der Waals surface area contributed by atoms with Gasteiger partial charge < -0.3 is 14.9 Å². The maximum absolute atomic E-state index is 11.3. The molecule has 1 amide bonds. The van der Waals surface area contributed by atoms with E-state index in [1.54, 1.807) is 6.92 Å². The molecule has 10 nitrogen and oxygen atoms in total. The fraction of sp³-hybridized carbons (Fsp3) is 0.364. The molecule has 0 aromatic carbocycles. The van der Waals surface area contributed by atoms with Crippen LogP contribution < -0.4 is 5.48 Å². The van der Waals surface area contributed by atoms with Crippen LogP contribution in [-0.2, 0) is 25.3 Å². The Hall–Kier alpha value is -1.84. The summed E-state index contributed by atoms with van der Waals surface area (Å²) in [5.74, 6) is -0.635. The number of pyridine rings is 1. The van der Waals surface area contributed by atoms with Gasteiger partial charge in [0.15, 0.2) is 6.04 Å². The van der Waals surface area contributed by atoms with Gasteiger partial charge in [0.25, 0.3) is 5.91 Å². The van der Waals surface area contributed by atoms with Crippen molar-refractivity contribution in [1.82, 2.24) is 10.5 Å². The number of amides is 1. The quantitative estimate of drug-likeness (QED) is 0.418. The molecule has 0 unspecified atom stereocenters. The molecule has 2 heterocycles. The van der Waals surface area contributed by atoms with Gasteiger partial charge in [-0.3, -0.25) is 24.1 Å². The molecule has 1 saturated heterocycles. The molecule has 0 saturated carbocycles. The number of nitrogens with zero attached hydrogens (tertiary/aromatic N) is 2. The van der Waals surface area contributed by atoms with Gasteiger partial charge in [0, 0.05) is 23.5 Å². The Morgan fingerprint density at radius 1 is 1.64 bits per heavy atom. The minimum atomic E-state index is -4.67. The SMILES string of the molecule is Cc1ncc(COP(=O)(O)O)c(C=N[C@@H]2CONC2=O)c1O. The molecule has 4 N–H and O–H groups in total. The number of carbonyl (C=O) groups is 1. The Kier molecular flexibility index (Phi) is 4.89. The fourth-order valence-electron chi connectivity index (χ4n) is 1.68. The zero-order valence-corrected chi connectivity index (χ0v) is 12.4. The number of aliphatic imine (C=N–C) groups is 1. The Labute approximate surface area is 125 Å². The molecule has 1 fully saturated rings. The summed E-state index contributed by atoms with van der Waals surface area (Å²) in [6.07, 6.45) is 2.53. The predicted octanol–water partition coefficient (Wildman–Crippen LogP) is -0.446. The molecule has 22 heavy (non-hydrogen) atoms. The Balaban J connectivity index is 2.27. The number of hydrogen-bond donors (Lipinski definition) is 4. The first-order chi connectivity index (χ1) is 10.3. The van der Waals surface area contributed by atoms with E-state index in [1.165, 1.54) is 12.4 Å².